The number of rotatable bonds is 4. The Balaban J connectivity index is 2.26. The van der Waals surface area contributed by atoms with Crippen molar-refractivity contribution in [2.45, 2.75) is 32.6 Å². The fourth-order valence-corrected chi connectivity index (χ4v) is 2.17. The number of nitrogens with zero attached hydrogens (tertiary/aromatic N) is 1. The van der Waals surface area contributed by atoms with Crippen LogP contribution in [0, 0.1) is 0 Å². The summed E-state index contributed by atoms with van der Waals surface area (Å²) in [5.74, 6) is 0.785. The van der Waals surface area contributed by atoms with E-state index in [-0.39, 0.29) is 0 Å². The summed E-state index contributed by atoms with van der Waals surface area (Å²) >= 11 is 3.39. The van der Waals surface area contributed by atoms with Crippen LogP contribution in [0.25, 0.3) is 11.1 Å². The van der Waals surface area contributed by atoms with Crippen LogP contribution in [0.15, 0.2) is 21.0 Å². The van der Waals surface area contributed by atoms with E-state index in [1.165, 1.54) is 12.8 Å². The molecule has 1 heterocycles. The molecule has 0 aliphatic carbocycles. The van der Waals surface area contributed by atoms with Gasteiger partial charge in [0.2, 0.25) is 0 Å². The minimum absolute atomic E-state index is 0.638. The number of hydrogen-bond acceptors (Lipinski definition) is 3. The molecule has 1 aromatic carbocycles. The first-order chi connectivity index (χ1) is 7.70. The van der Waals surface area contributed by atoms with Crippen molar-refractivity contribution in [2.75, 3.05) is 5.73 Å². The number of fused-ring (bicyclic) bond motifs is 1. The molecule has 4 heteroatoms. The zero-order valence-corrected chi connectivity index (χ0v) is 10.9. The minimum Gasteiger partial charge on any atom is -0.439 e. The highest BCUT2D eigenvalue weighted by atomic mass is 79.9. The highest BCUT2D eigenvalue weighted by Crippen LogP contribution is 2.27. The van der Waals surface area contributed by atoms with Gasteiger partial charge in [0.25, 0.3) is 0 Å². The topological polar surface area (TPSA) is 52.0 Å². The van der Waals surface area contributed by atoms with Gasteiger partial charge in [-0.25, -0.2) is 4.98 Å². The number of aromatic nitrogens is 1. The van der Waals surface area contributed by atoms with E-state index in [9.17, 15) is 0 Å². The molecule has 0 spiro atoms. The van der Waals surface area contributed by atoms with Gasteiger partial charge in [0.1, 0.15) is 5.52 Å². The first kappa shape index (κ1) is 11.5. The molecule has 0 atom stereocenters. The maximum absolute atomic E-state index is 5.86. The van der Waals surface area contributed by atoms with Crippen LogP contribution in [0.3, 0.4) is 0 Å². The monoisotopic (exact) mass is 282 g/mol. The Morgan fingerprint density at radius 3 is 2.94 bits per heavy atom. The summed E-state index contributed by atoms with van der Waals surface area (Å²) in [5, 5.41) is 0. The number of benzene rings is 1. The quantitative estimate of drug-likeness (QED) is 0.683. The van der Waals surface area contributed by atoms with Crippen LogP contribution in [0.5, 0.6) is 0 Å². The predicted octanol–water partition coefficient (Wildman–Crippen LogP) is 3.91. The molecule has 0 aliphatic rings. The van der Waals surface area contributed by atoms with E-state index < -0.39 is 0 Å². The van der Waals surface area contributed by atoms with Crippen molar-refractivity contribution < 1.29 is 4.42 Å². The SMILES string of the molecule is CCCCCc1nc2cc(Br)cc(N)c2o1. The van der Waals surface area contributed by atoms with Gasteiger partial charge < -0.3 is 10.2 Å². The van der Waals surface area contributed by atoms with E-state index in [1.807, 2.05) is 12.1 Å². The van der Waals surface area contributed by atoms with Gasteiger partial charge in [-0.1, -0.05) is 35.7 Å². The first-order valence-electron chi connectivity index (χ1n) is 5.55. The summed E-state index contributed by atoms with van der Waals surface area (Å²) in [6.07, 6.45) is 4.41. The number of hydrogen-bond donors (Lipinski definition) is 1. The lowest BCUT2D eigenvalue weighted by molar-refractivity contribution is 0.513. The van der Waals surface area contributed by atoms with E-state index in [4.69, 9.17) is 10.2 Å². The maximum atomic E-state index is 5.86. The number of unbranched alkanes of at least 4 members (excludes halogenated alkanes) is 2. The van der Waals surface area contributed by atoms with E-state index in [2.05, 4.69) is 27.8 Å². The van der Waals surface area contributed by atoms with Gasteiger partial charge in [-0.15, -0.1) is 0 Å². The van der Waals surface area contributed by atoms with Crippen molar-refractivity contribution in [2.24, 2.45) is 0 Å². The van der Waals surface area contributed by atoms with Gasteiger partial charge in [0.05, 0.1) is 5.69 Å². The number of oxazole rings is 1. The van der Waals surface area contributed by atoms with Crippen LogP contribution in [-0.2, 0) is 6.42 Å². The zero-order valence-electron chi connectivity index (χ0n) is 9.29. The molecule has 2 aromatic rings. The number of halogens is 1. The average Bonchev–Trinajstić information content (AvgIpc) is 2.61. The molecule has 0 aliphatic heterocycles. The Hall–Kier alpha value is -1.03. The highest BCUT2D eigenvalue weighted by molar-refractivity contribution is 9.10. The number of anilines is 1. The summed E-state index contributed by atoms with van der Waals surface area (Å²) in [6.45, 7) is 2.18. The molecule has 16 heavy (non-hydrogen) atoms. The Morgan fingerprint density at radius 1 is 1.38 bits per heavy atom. The third kappa shape index (κ3) is 2.38. The molecule has 0 unspecified atom stereocenters. The third-order valence-electron chi connectivity index (χ3n) is 2.52. The lowest BCUT2D eigenvalue weighted by Gasteiger charge is -1.94. The van der Waals surface area contributed by atoms with Gasteiger partial charge in [0.15, 0.2) is 11.5 Å². The first-order valence-corrected chi connectivity index (χ1v) is 6.34. The molecule has 0 fully saturated rings. The Morgan fingerprint density at radius 2 is 2.19 bits per heavy atom. The standard InChI is InChI=1S/C12H15BrN2O/c1-2-3-4-5-11-15-10-7-8(13)6-9(14)12(10)16-11/h6-7H,2-5,14H2,1H3. The van der Waals surface area contributed by atoms with Crippen LogP contribution in [0.4, 0.5) is 5.69 Å². The van der Waals surface area contributed by atoms with Gasteiger partial charge in [0, 0.05) is 10.9 Å². The predicted molar refractivity (Wildman–Crippen MR) is 69.4 cm³/mol. The smallest absolute Gasteiger partial charge is 0.195 e. The summed E-state index contributed by atoms with van der Waals surface area (Å²) < 4.78 is 6.58. The summed E-state index contributed by atoms with van der Waals surface area (Å²) in [7, 11) is 0. The Bertz CT molecular complexity index is 493. The van der Waals surface area contributed by atoms with E-state index in [0.717, 1.165) is 28.7 Å². The Labute approximate surface area is 103 Å². The largest absolute Gasteiger partial charge is 0.439 e. The molecule has 0 saturated heterocycles. The molecule has 0 amide bonds. The maximum Gasteiger partial charge on any atom is 0.195 e. The van der Waals surface area contributed by atoms with Crippen molar-refractivity contribution in [1.82, 2.24) is 4.98 Å². The molecule has 1 aromatic heterocycles. The molecule has 0 bridgehead atoms. The second-order valence-electron chi connectivity index (χ2n) is 3.91. The minimum atomic E-state index is 0.638. The van der Waals surface area contributed by atoms with Crippen LogP contribution in [-0.4, -0.2) is 4.98 Å². The lowest BCUT2D eigenvalue weighted by atomic mass is 10.2. The number of nitrogen functional groups attached to an aromatic ring is 1. The fourth-order valence-electron chi connectivity index (χ4n) is 1.70. The second kappa shape index (κ2) is 4.87. The Kier molecular flexibility index (Phi) is 3.49. The van der Waals surface area contributed by atoms with Crippen molar-refractivity contribution >= 4 is 32.7 Å². The van der Waals surface area contributed by atoms with Crippen LogP contribution >= 0.6 is 15.9 Å². The van der Waals surface area contributed by atoms with E-state index in [1.54, 1.807) is 0 Å². The van der Waals surface area contributed by atoms with Gasteiger partial charge in [-0.2, -0.15) is 0 Å². The van der Waals surface area contributed by atoms with Gasteiger partial charge >= 0.3 is 0 Å². The van der Waals surface area contributed by atoms with Crippen LogP contribution < -0.4 is 5.73 Å². The number of aryl methyl sites for hydroxylation is 1. The molecule has 86 valence electrons. The van der Waals surface area contributed by atoms with E-state index in [0.29, 0.717) is 11.3 Å². The molecular weight excluding hydrogens is 268 g/mol. The third-order valence-corrected chi connectivity index (χ3v) is 2.98. The van der Waals surface area contributed by atoms with Crippen molar-refractivity contribution in [1.29, 1.82) is 0 Å². The van der Waals surface area contributed by atoms with Crippen molar-refractivity contribution in [3.8, 4) is 0 Å². The zero-order chi connectivity index (χ0) is 11.5. The summed E-state index contributed by atoms with van der Waals surface area (Å²) in [4.78, 5) is 4.43. The lowest BCUT2D eigenvalue weighted by Crippen LogP contribution is -1.84. The number of nitrogens with two attached hydrogens (primary N) is 1. The van der Waals surface area contributed by atoms with Crippen LogP contribution in [0.2, 0.25) is 0 Å². The van der Waals surface area contributed by atoms with Crippen molar-refractivity contribution in [3.05, 3.63) is 22.5 Å². The van der Waals surface area contributed by atoms with E-state index >= 15 is 0 Å². The van der Waals surface area contributed by atoms with Gasteiger partial charge in [-0.3, -0.25) is 0 Å². The molecule has 0 radical (unpaired) electrons. The molecular formula is C12H15BrN2O. The molecule has 3 nitrogen and oxygen atoms in total. The fraction of sp³-hybridized carbons (Fsp3) is 0.417. The average molecular weight is 283 g/mol. The normalized spacial score (nSPS) is 11.1. The van der Waals surface area contributed by atoms with Crippen LogP contribution in [0.1, 0.15) is 32.1 Å². The van der Waals surface area contributed by atoms with Gasteiger partial charge in [-0.05, 0) is 18.6 Å². The molecule has 2 N–H and O–H groups in total. The highest BCUT2D eigenvalue weighted by Gasteiger charge is 2.09. The van der Waals surface area contributed by atoms with Crippen molar-refractivity contribution in [3.63, 3.8) is 0 Å². The molecule has 0 saturated carbocycles. The second-order valence-corrected chi connectivity index (χ2v) is 4.82. The summed E-state index contributed by atoms with van der Waals surface area (Å²) in [6, 6.07) is 3.77. The molecule has 2 rings (SSSR count). The summed E-state index contributed by atoms with van der Waals surface area (Å²) in [5.41, 5.74) is 8.03.